The van der Waals surface area contributed by atoms with Crippen LogP contribution in [0.25, 0.3) is 11.4 Å². The molecule has 0 unspecified atom stereocenters. The number of aliphatic hydroxyl groups excluding tert-OH is 1. The molecule has 180 valence electrons. The minimum atomic E-state index is -0.266. The molecule has 0 bridgehead atoms. The third-order valence-corrected chi connectivity index (χ3v) is 6.10. The number of benzene rings is 2. The lowest BCUT2D eigenvalue weighted by Gasteiger charge is -2.33. The molecule has 34 heavy (non-hydrogen) atoms. The number of piperidine rings is 1. The van der Waals surface area contributed by atoms with Gasteiger partial charge in [-0.1, -0.05) is 38.1 Å². The highest BCUT2D eigenvalue weighted by Gasteiger charge is 2.22. The summed E-state index contributed by atoms with van der Waals surface area (Å²) in [6.45, 7) is 8.71. The van der Waals surface area contributed by atoms with E-state index in [0.29, 0.717) is 29.9 Å². The molecule has 0 radical (unpaired) electrons. The highest BCUT2D eigenvalue weighted by Crippen LogP contribution is 2.25. The number of rotatable bonds is 6. The Labute approximate surface area is 200 Å². The SMILES string of the molecule is CC(C)(C)c1nc(-c2ccc(NC(=O)NCc3ccc(N4CCC(CO)CC4)cc3)cc2)no1. The average Bonchev–Trinajstić information content (AvgIpc) is 3.35. The Kier molecular flexibility index (Phi) is 7.17. The van der Waals surface area contributed by atoms with Crippen LogP contribution in [0.1, 0.15) is 45.1 Å². The predicted molar refractivity (Wildman–Crippen MR) is 133 cm³/mol. The molecule has 2 heterocycles. The first-order valence-electron chi connectivity index (χ1n) is 11.8. The average molecular weight is 464 g/mol. The van der Waals surface area contributed by atoms with Gasteiger partial charge in [-0.05, 0) is 60.7 Å². The van der Waals surface area contributed by atoms with Crippen molar-refractivity contribution in [3.8, 4) is 11.4 Å². The van der Waals surface area contributed by atoms with Gasteiger partial charge in [0.1, 0.15) is 0 Å². The fourth-order valence-electron chi connectivity index (χ4n) is 3.90. The summed E-state index contributed by atoms with van der Waals surface area (Å²) < 4.78 is 5.35. The number of anilines is 2. The van der Waals surface area contributed by atoms with Crippen molar-refractivity contribution in [1.29, 1.82) is 0 Å². The van der Waals surface area contributed by atoms with Crippen molar-refractivity contribution in [3.05, 3.63) is 60.0 Å². The van der Waals surface area contributed by atoms with Gasteiger partial charge in [-0.15, -0.1) is 0 Å². The van der Waals surface area contributed by atoms with Crippen LogP contribution in [0.2, 0.25) is 0 Å². The van der Waals surface area contributed by atoms with Crippen LogP contribution in [0.5, 0.6) is 0 Å². The number of aliphatic hydroxyl groups is 1. The molecule has 0 aliphatic carbocycles. The number of nitrogens with one attached hydrogen (secondary N) is 2. The van der Waals surface area contributed by atoms with Gasteiger partial charge in [0, 0.05) is 48.6 Å². The van der Waals surface area contributed by atoms with Crippen LogP contribution in [-0.4, -0.2) is 41.0 Å². The minimum Gasteiger partial charge on any atom is -0.396 e. The second-order valence-electron chi connectivity index (χ2n) is 9.84. The van der Waals surface area contributed by atoms with Crippen LogP contribution >= 0.6 is 0 Å². The van der Waals surface area contributed by atoms with E-state index in [2.05, 4.69) is 37.8 Å². The van der Waals surface area contributed by atoms with Crippen molar-refractivity contribution in [1.82, 2.24) is 15.5 Å². The molecule has 0 spiro atoms. The van der Waals surface area contributed by atoms with Crippen molar-refractivity contribution >= 4 is 17.4 Å². The van der Waals surface area contributed by atoms with E-state index in [0.717, 1.165) is 37.1 Å². The lowest BCUT2D eigenvalue weighted by Crippen LogP contribution is -2.34. The number of hydrogen-bond acceptors (Lipinski definition) is 6. The minimum absolute atomic E-state index is 0.206. The van der Waals surface area contributed by atoms with Crippen LogP contribution in [0.4, 0.5) is 16.2 Å². The lowest BCUT2D eigenvalue weighted by molar-refractivity contribution is 0.203. The summed E-state index contributed by atoms with van der Waals surface area (Å²) in [5.41, 5.74) is 3.52. The summed E-state index contributed by atoms with van der Waals surface area (Å²) in [4.78, 5) is 19.1. The highest BCUT2D eigenvalue weighted by atomic mass is 16.5. The summed E-state index contributed by atoms with van der Waals surface area (Å²) in [5.74, 6) is 1.54. The zero-order valence-electron chi connectivity index (χ0n) is 20.0. The second-order valence-corrected chi connectivity index (χ2v) is 9.84. The second kappa shape index (κ2) is 10.3. The van der Waals surface area contributed by atoms with Gasteiger partial charge >= 0.3 is 6.03 Å². The van der Waals surface area contributed by atoms with E-state index in [1.54, 1.807) is 0 Å². The van der Waals surface area contributed by atoms with E-state index >= 15 is 0 Å². The third kappa shape index (κ3) is 5.94. The normalized spacial score (nSPS) is 14.8. The van der Waals surface area contributed by atoms with Crippen molar-refractivity contribution in [2.75, 3.05) is 29.9 Å². The van der Waals surface area contributed by atoms with E-state index in [-0.39, 0.29) is 18.1 Å². The molecular weight excluding hydrogens is 430 g/mol. The van der Waals surface area contributed by atoms with Gasteiger partial charge in [-0.3, -0.25) is 0 Å². The van der Waals surface area contributed by atoms with E-state index in [1.807, 2.05) is 57.2 Å². The van der Waals surface area contributed by atoms with E-state index < -0.39 is 0 Å². The quantitative estimate of drug-likeness (QED) is 0.495. The highest BCUT2D eigenvalue weighted by molar-refractivity contribution is 5.89. The Morgan fingerprint density at radius 3 is 2.35 bits per heavy atom. The maximum Gasteiger partial charge on any atom is 0.319 e. The molecule has 1 saturated heterocycles. The van der Waals surface area contributed by atoms with E-state index in [1.165, 1.54) is 5.69 Å². The van der Waals surface area contributed by atoms with Crippen molar-refractivity contribution in [3.63, 3.8) is 0 Å². The van der Waals surface area contributed by atoms with Crippen molar-refractivity contribution < 1.29 is 14.4 Å². The smallest absolute Gasteiger partial charge is 0.319 e. The molecule has 4 rings (SSSR count). The van der Waals surface area contributed by atoms with Gasteiger partial charge in [0.25, 0.3) is 0 Å². The Morgan fingerprint density at radius 1 is 1.09 bits per heavy atom. The van der Waals surface area contributed by atoms with E-state index in [4.69, 9.17) is 4.52 Å². The first-order valence-corrected chi connectivity index (χ1v) is 11.8. The molecular formula is C26H33N5O3. The fourth-order valence-corrected chi connectivity index (χ4v) is 3.90. The molecule has 8 heteroatoms. The number of carbonyl (C=O) groups is 1. The molecule has 1 aliphatic rings. The van der Waals surface area contributed by atoms with Crippen LogP contribution in [-0.2, 0) is 12.0 Å². The molecule has 0 saturated carbocycles. The van der Waals surface area contributed by atoms with Crippen LogP contribution in [0, 0.1) is 5.92 Å². The number of urea groups is 1. The molecule has 3 aromatic rings. The van der Waals surface area contributed by atoms with Gasteiger partial charge in [0.15, 0.2) is 0 Å². The Morgan fingerprint density at radius 2 is 1.76 bits per heavy atom. The summed E-state index contributed by atoms with van der Waals surface area (Å²) in [7, 11) is 0. The molecule has 0 atom stereocenters. The van der Waals surface area contributed by atoms with Crippen LogP contribution in [0.15, 0.2) is 53.1 Å². The number of hydrogen-bond donors (Lipinski definition) is 3. The summed E-state index contributed by atoms with van der Waals surface area (Å²) in [6, 6.07) is 15.3. The number of aromatic nitrogens is 2. The van der Waals surface area contributed by atoms with Crippen molar-refractivity contribution in [2.45, 2.75) is 45.6 Å². The summed E-state index contributed by atoms with van der Waals surface area (Å²) in [6.07, 6.45) is 2.04. The van der Waals surface area contributed by atoms with Gasteiger partial charge in [0.2, 0.25) is 11.7 Å². The molecule has 1 fully saturated rings. The Balaban J connectivity index is 1.26. The van der Waals surface area contributed by atoms with Crippen LogP contribution < -0.4 is 15.5 Å². The van der Waals surface area contributed by atoms with Gasteiger partial charge in [-0.2, -0.15) is 4.98 Å². The molecule has 8 nitrogen and oxygen atoms in total. The van der Waals surface area contributed by atoms with Gasteiger partial charge in [0.05, 0.1) is 0 Å². The fraction of sp³-hybridized carbons (Fsp3) is 0.423. The Bertz CT molecular complexity index is 1080. The number of nitrogens with zero attached hydrogens (tertiary/aromatic N) is 3. The monoisotopic (exact) mass is 463 g/mol. The molecule has 1 aromatic heterocycles. The first kappa shape index (κ1) is 23.8. The lowest BCUT2D eigenvalue weighted by atomic mass is 9.97. The summed E-state index contributed by atoms with van der Waals surface area (Å²) in [5, 5.41) is 19.1. The summed E-state index contributed by atoms with van der Waals surface area (Å²) >= 11 is 0. The first-order chi connectivity index (χ1) is 16.3. The van der Waals surface area contributed by atoms with E-state index in [9.17, 15) is 9.90 Å². The largest absolute Gasteiger partial charge is 0.396 e. The molecule has 1 aliphatic heterocycles. The van der Waals surface area contributed by atoms with Gasteiger partial charge in [-0.25, -0.2) is 4.79 Å². The predicted octanol–water partition coefficient (Wildman–Crippen LogP) is 4.56. The maximum atomic E-state index is 12.3. The molecule has 2 amide bonds. The topological polar surface area (TPSA) is 104 Å². The number of amides is 2. The Hall–Kier alpha value is -3.39. The van der Waals surface area contributed by atoms with Crippen molar-refractivity contribution in [2.24, 2.45) is 5.92 Å². The van der Waals surface area contributed by atoms with Gasteiger partial charge < -0.3 is 25.2 Å². The standard InChI is InChI=1S/C26H33N5O3/c1-26(2,3)24-29-23(30-34-24)20-6-8-21(9-7-20)28-25(33)27-16-18-4-10-22(11-5-18)31-14-12-19(17-32)13-15-31/h4-11,19,32H,12-17H2,1-3H3,(H2,27,28,33). The molecule has 2 aromatic carbocycles. The zero-order valence-corrected chi connectivity index (χ0v) is 20.0. The van der Waals surface area contributed by atoms with Crippen LogP contribution in [0.3, 0.4) is 0 Å². The third-order valence-electron chi connectivity index (χ3n) is 6.10. The number of carbonyl (C=O) groups excluding carboxylic acids is 1. The maximum absolute atomic E-state index is 12.3. The molecule has 3 N–H and O–H groups in total. The zero-order chi connectivity index (χ0) is 24.1.